The van der Waals surface area contributed by atoms with E-state index in [1.165, 1.54) is 86.5 Å². The molecule has 12 rings (SSSR count). The normalized spacial score (nSPS) is 17.5. The van der Waals surface area contributed by atoms with Crippen molar-refractivity contribution >= 4 is 87.5 Å². The van der Waals surface area contributed by atoms with Gasteiger partial charge in [-0.05, 0) is 95.6 Å². The minimum atomic E-state index is -0.408. The van der Waals surface area contributed by atoms with Crippen molar-refractivity contribution in [2.75, 3.05) is 4.90 Å². The summed E-state index contributed by atoms with van der Waals surface area (Å²) >= 11 is 1.91. The van der Waals surface area contributed by atoms with E-state index >= 15 is 0 Å². The van der Waals surface area contributed by atoms with Crippen LogP contribution in [0.25, 0.3) is 59.1 Å². The van der Waals surface area contributed by atoms with Gasteiger partial charge in [0, 0.05) is 53.6 Å². The Kier molecular flexibility index (Phi) is 8.04. The number of aliphatic imine (C=N–C) groups is 1. The maximum absolute atomic E-state index is 5.32. The van der Waals surface area contributed by atoms with Crippen LogP contribution in [0.4, 0.5) is 17.1 Å². The average Bonchev–Trinajstić information content (AvgIpc) is 3.85. The SMILES string of the molecule is CC1(c2cccc(-n3c4ccccc4c4ccccc43)c2)C=CC=CC1N(c1ccc2c3c(sc2c1)CCC(c1ccccc1)=N3)c1cc2ccccc2c2ccccc12. The lowest BCUT2D eigenvalue weighted by molar-refractivity contribution is 0.512. The zero-order chi connectivity index (χ0) is 39.8. The number of para-hydroxylation sites is 2. The van der Waals surface area contributed by atoms with E-state index in [1.807, 2.05) is 11.3 Å². The molecule has 286 valence electrons. The topological polar surface area (TPSA) is 20.5 Å². The summed E-state index contributed by atoms with van der Waals surface area (Å²) in [5.74, 6) is 0. The lowest BCUT2D eigenvalue weighted by Gasteiger charge is -2.44. The fraction of sp³-hybridized carbons (Fsp3) is 0.0893. The van der Waals surface area contributed by atoms with Gasteiger partial charge in [0.25, 0.3) is 0 Å². The number of hydrogen-bond donors (Lipinski definition) is 0. The Morgan fingerprint density at radius 3 is 2.10 bits per heavy atom. The number of aryl methyl sites for hydroxylation is 1. The third-order valence-corrected chi connectivity index (χ3v) is 14.2. The number of aromatic nitrogens is 1. The molecule has 0 bridgehead atoms. The predicted molar refractivity (Wildman–Crippen MR) is 257 cm³/mol. The summed E-state index contributed by atoms with van der Waals surface area (Å²) in [5.41, 5.74) is 10.3. The molecule has 2 unspecified atom stereocenters. The zero-order valence-corrected chi connectivity index (χ0v) is 34.1. The van der Waals surface area contributed by atoms with Crippen LogP contribution in [-0.4, -0.2) is 16.3 Å². The molecule has 3 nitrogen and oxygen atoms in total. The number of nitrogens with zero attached hydrogens (tertiary/aromatic N) is 3. The number of benzene rings is 8. The van der Waals surface area contributed by atoms with Gasteiger partial charge in [-0.25, -0.2) is 0 Å². The molecule has 0 N–H and O–H groups in total. The van der Waals surface area contributed by atoms with Crippen molar-refractivity contribution in [3.05, 3.63) is 216 Å². The van der Waals surface area contributed by atoms with Crippen molar-refractivity contribution in [3.63, 3.8) is 0 Å². The van der Waals surface area contributed by atoms with Crippen molar-refractivity contribution in [1.82, 2.24) is 4.57 Å². The van der Waals surface area contributed by atoms with E-state index < -0.39 is 5.41 Å². The van der Waals surface area contributed by atoms with E-state index in [0.717, 1.165) is 24.2 Å². The van der Waals surface area contributed by atoms with E-state index in [-0.39, 0.29) is 6.04 Å². The Morgan fingerprint density at radius 2 is 1.30 bits per heavy atom. The van der Waals surface area contributed by atoms with Gasteiger partial charge in [-0.1, -0.05) is 152 Å². The fourth-order valence-electron chi connectivity index (χ4n) is 10.0. The molecule has 1 aliphatic carbocycles. The number of anilines is 2. The Balaban J connectivity index is 1.06. The van der Waals surface area contributed by atoms with Crippen molar-refractivity contribution in [2.24, 2.45) is 4.99 Å². The van der Waals surface area contributed by atoms with Crippen LogP contribution in [0.1, 0.15) is 29.3 Å². The summed E-state index contributed by atoms with van der Waals surface area (Å²) in [6.07, 6.45) is 11.3. The molecule has 4 heteroatoms. The molecule has 10 aromatic rings. The summed E-state index contributed by atoms with van der Waals surface area (Å²) in [6, 6.07) is 64.7. The first kappa shape index (κ1) is 35.0. The molecule has 2 atom stereocenters. The van der Waals surface area contributed by atoms with Crippen molar-refractivity contribution in [1.29, 1.82) is 0 Å². The van der Waals surface area contributed by atoms with E-state index in [2.05, 4.69) is 217 Å². The molecule has 8 aromatic carbocycles. The third-order valence-electron chi connectivity index (χ3n) is 13.0. The molecule has 1 aliphatic heterocycles. The number of thiophene rings is 1. The summed E-state index contributed by atoms with van der Waals surface area (Å²) in [6.45, 7) is 2.42. The monoisotopic (exact) mass is 787 g/mol. The van der Waals surface area contributed by atoms with Crippen molar-refractivity contribution in [3.8, 4) is 5.69 Å². The van der Waals surface area contributed by atoms with Gasteiger partial charge < -0.3 is 9.47 Å². The zero-order valence-electron chi connectivity index (χ0n) is 33.3. The second-order valence-corrected chi connectivity index (χ2v) is 17.5. The number of allylic oxidation sites excluding steroid dienone is 2. The summed E-state index contributed by atoms with van der Waals surface area (Å²) in [4.78, 5) is 9.32. The summed E-state index contributed by atoms with van der Waals surface area (Å²) in [5, 5.41) is 8.77. The van der Waals surface area contributed by atoms with Crippen molar-refractivity contribution < 1.29 is 0 Å². The maximum Gasteiger partial charge on any atom is 0.0850 e. The standard InChI is InChI=1S/C56H41N3S/c1-56(39-19-15-20-40(35-39)58-49-26-11-9-24-45(49)46-25-10-12-27-50(46)58)33-14-13-28-54(56)59(51-34-38-18-5-6-21-42(38)43-22-7-8-23-44(43)51)41-29-30-47-53(36-41)60-52-32-31-48(57-55(47)52)37-16-3-2-4-17-37/h2-30,33-36,54H,31-32H2,1H3. The van der Waals surface area contributed by atoms with Gasteiger partial charge in [-0.15, -0.1) is 11.3 Å². The fourth-order valence-corrected chi connectivity index (χ4v) is 11.2. The lowest BCUT2D eigenvalue weighted by Crippen LogP contribution is -2.46. The summed E-state index contributed by atoms with van der Waals surface area (Å²) < 4.78 is 3.71. The smallest absolute Gasteiger partial charge is 0.0850 e. The summed E-state index contributed by atoms with van der Waals surface area (Å²) in [7, 11) is 0. The van der Waals surface area contributed by atoms with E-state index in [1.54, 1.807) is 0 Å². The van der Waals surface area contributed by atoms with Gasteiger partial charge in [-0.3, -0.25) is 4.99 Å². The van der Waals surface area contributed by atoms with Gasteiger partial charge >= 0.3 is 0 Å². The highest BCUT2D eigenvalue weighted by atomic mass is 32.1. The number of fused-ring (bicyclic) bond motifs is 9. The van der Waals surface area contributed by atoms with Gasteiger partial charge in [0.2, 0.25) is 0 Å². The first-order chi connectivity index (χ1) is 29.6. The van der Waals surface area contributed by atoms with Crippen LogP contribution in [0.5, 0.6) is 0 Å². The van der Waals surface area contributed by atoms with E-state index in [0.29, 0.717) is 0 Å². The highest BCUT2D eigenvalue weighted by Crippen LogP contribution is 2.48. The average molecular weight is 788 g/mol. The molecule has 0 saturated heterocycles. The third kappa shape index (κ3) is 5.44. The minimum absolute atomic E-state index is 0.0600. The van der Waals surface area contributed by atoms with Gasteiger partial charge in [0.05, 0.1) is 28.5 Å². The van der Waals surface area contributed by atoms with E-state index in [4.69, 9.17) is 4.99 Å². The lowest BCUT2D eigenvalue weighted by atomic mass is 9.72. The molecule has 2 aromatic heterocycles. The second kappa shape index (κ2) is 13.8. The van der Waals surface area contributed by atoms with Crippen LogP contribution < -0.4 is 4.90 Å². The molecular weight excluding hydrogens is 747 g/mol. The first-order valence-electron chi connectivity index (χ1n) is 21.0. The van der Waals surface area contributed by atoms with Gasteiger partial charge in [0.15, 0.2) is 0 Å². The van der Waals surface area contributed by atoms with Crippen LogP contribution in [0.2, 0.25) is 0 Å². The maximum atomic E-state index is 5.32. The molecular formula is C56H41N3S. The van der Waals surface area contributed by atoms with E-state index in [9.17, 15) is 0 Å². The quantitative estimate of drug-likeness (QED) is 0.154. The predicted octanol–water partition coefficient (Wildman–Crippen LogP) is 15.0. The Labute approximate surface area is 353 Å². The Bertz CT molecular complexity index is 3370. The van der Waals surface area contributed by atoms with Crippen LogP contribution in [0, 0.1) is 0 Å². The minimum Gasteiger partial charge on any atom is -0.333 e. The van der Waals surface area contributed by atoms with Gasteiger partial charge in [0.1, 0.15) is 0 Å². The molecule has 2 aliphatic rings. The second-order valence-electron chi connectivity index (χ2n) is 16.4. The highest BCUT2D eigenvalue weighted by molar-refractivity contribution is 7.19. The molecule has 0 spiro atoms. The van der Waals surface area contributed by atoms with Crippen LogP contribution in [-0.2, 0) is 11.8 Å². The number of hydrogen-bond acceptors (Lipinski definition) is 3. The Morgan fingerprint density at radius 1 is 0.600 bits per heavy atom. The van der Waals surface area contributed by atoms with Crippen LogP contribution in [0.3, 0.4) is 0 Å². The molecule has 60 heavy (non-hydrogen) atoms. The highest BCUT2D eigenvalue weighted by Gasteiger charge is 2.39. The number of rotatable bonds is 6. The van der Waals surface area contributed by atoms with Crippen LogP contribution in [0.15, 0.2) is 205 Å². The molecule has 0 saturated carbocycles. The Hall–Kier alpha value is -7.01. The first-order valence-corrected chi connectivity index (χ1v) is 21.8. The van der Waals surface area contributed by atoms with Gasteiger partial charge in [-0.2, -0.15) is 0 Å². The molecule has 3 heterocycles. The molecule has 0 fully saturated rings. The largest absolute Gasteiger partial charge is 0.333 e. The molecule has 0 radical (unpaired) electrons. The van der Waals surface area contributed by atoms with Crippen molar-refractivity contribution in [2.45, 2.75) is 31.2 Å². The molecule has 0 amide bonds. The van der Waals surface area contributed by atoms with Crippen LogP contribution >= 0.6 is 11.3 Å².